The minimum atomic E-state index is -1.32. The summed E-state index contributed by atoms with van der Waals surface area (Å²) in [5.41, 5.74) is 2.72. The largest absolute Gasteiger partial charge is 0.377 e. The summed E-state index contributed by atoms with van der Waals surface area (Å²) in [5.74, 6) is 4.44. The minimum Gasteiger partial charge on any atom is -0.377 e. The molecule has 78 valence electrons. The Hall–Kier alpha value is -0.263. The Morgan fingerprint density at radius 2 is 2.00 bits per heavy atom. The van der Waals surface area contributed by atoms with Gasteiger partial charge in [0.05, 0.1) is 0 Å². The van der Waals surface area contributed by atoms with Crippen LogP contribution in [0.3, 0.4) is 0 Å². The fraction of sp³-hybridized carbons (Fsp3) is 0.833. The Morgan fingerprint density at radius 3 is 2.43 bits per heavy atom. The lowest BCUT2D eigenvalue weighted by atomic mass is 9.85. The molecule has 2 rings (SSSR count). The van der Waals surface area contributed by atoms with Crippen molar-refractivity contribution in [3.63, 3.8) is 0 Å². The lowest BCUT2D eigenvalue weighted by molar-refractivity contribution is 0.0438. The van der Waals surface area contributed by atoms with Gasteiger partial charge in [-0.1, -0.05) is 25.6 Å². The number of aliphatic hydroxyl groups is 1. The quantitative estimate of drug-likeness (QED) is 0.479. The van der Waals surface area contributed by atoms with E-state index in [-0.39, 0.29) is 0 Å². The van der Waals surface area contributed by atoms with Crippen LogP contribution in [0.1, 0.15) is 25.7 Å². The van der Waals surface area contributed by atoms with Gasteiger partial charge in [0, 0.05) is 0 Å². The Labute approximate surface area is 87.9 Å². The number of fused-ring (bicyclic) bond motifs is 2. The predicted octanol–water partition coefficient (Wildman–Crippen LogP) is 2.42. The average Bonchev–Trinajstić information content (AvgIpc) is 2.59. The molecule has 0 heterocycles. The first-order valence-corrected chi connectivity index (χ1v) is 9.16. The predicted molar refractivity (Wildman–Crippen MR) is 61.5 cm³/mol. The molecule has 3 atom stereocenters. The van der Waals surface area contributed by atoms with Crippen LogP contribution in [0.15, 0.2) is 0 Å². The normalized spacial score (nSPS) is 40.9. The summed E-state index contributed by atoms with van der Waals surface area (Å²) in [6, 6.07) is 0. The van der Waals surface area contributed by atoms with Gasteiger partial charge in [0.25, 0.3) is 0 Å². The van der Waals surface area contributed by atoms with E-state index in [1.807, 2.05) is 0 Å². The summed E-state index contributed by atoms with van der Waals surface area (Å²) in [6.45, 7) is 6.70. The first-order chi connectivity index (χ1) is 6.39. The highest BCUT2D eigenvalue weighted by Crippen LogP contribution is 2.50. The molecule has 1 unspecified atom stereocenters. The molecular formula is C12H20OSi. The molecule has 2 fully saturated rings. The molecule has 1 nitrogen and oxygen atoms in total. The summed E-state index contributed by atoms with van der Waals surface area (Å²) in [5, 5.41) is 10.4. The monoisotopic (exact) mass is 208 g/mol. The van der Waals surface area contributed by atoms with Gasteiger partial charge < -0.3 is 5.11 Å². The van der Waals surface area contributed by atoms with E-state index in [9.17, 15) is 5.11 Å². The van der Waals surface area contributed by atoms with Gasteiger partial charge in [-0.3, -0.25) is 0 Å². The zero-order chi connectivity index (χ0) is 10.4. The highest BCUT2D eigenvalue weighted by Gasteiger charge is 2.49. The van der Waals surface area contributed by atoms with Crippen molar-refractivity contribution in [3.05, 3.63) is 0 Å². The van der Waals surface area contributed by atoms with Gasteiger partial charge in [-0.2, -0.15) is 0 Å². The summed E-state index contributed by atoms with van der Waals surface area (Å²) >= 11 is 0. The Morgan fingerprint density at radius 1 is 1.29 bits per heavy atom. The second-order valence-corrected chi connectivity index (χ2v) is 10.8. The third-order valence-electron chi connectivity index (χ3n) is 3.47. The Kier molecular flexibility index (Phi) is 2.28. The maximum atomic E-state index is 10.4. The molecule has 0 aromatic rings. The van der Waals surface area contributed by atoms with Gasteiger partial charge in [-0.25, -0.2) is 0 Å². The molecule has 1 N–H and O–H groups in total. The molecule has 14 heavy (non-hydrogen) atoms. The molecule has 0 saturated heterocycles. The van der Waals surface area contributed by atoms with Crippen LogP contribution in [0.2, 0.25) is 19.6 Å². The fourth-order valence-corrected chi connectivity index (χ4v) is 3.34. The van der Waals surface area contributed by atoms with Crippen molar-refractivity contribution in [2.45, 2.75) is 50.9 Å². The second kappa shape index (κ2) is 3.11. The standard InChI is InChI=1S/C12H20OSi/c1-14(2,3)7-6-12(13)9-10-4-5-11(12)8-10/h10-11,13H,4-5,8-9H2,1-3H3/t10-,11+,12?/m1/s1. The molecule has 0 aromatic heterocycles. The van der Waals surface area contributed by atoms with E-state index in [1.165, 1.54) is 19.3 Å². The van der Waals surface area contributed by atoms with Gasteiger partial charge >= 0.3 is 0 Å². The van der Waals surface area contributed by atoms with Crippen molar-refractivity contribution in [1.82, 2.24) is 0 Å². The number of hydrogen-bond donors (Lipinski definition) is 1. The van der Waals surface area contributed by atoms with Crippen LogP contribution >= 0.6 is 0 Å². The average molecular weight is 208 g/mol. The van der Waals surface area contributed by atoms with Crippen molar-refractivity contribution >= 4 is 8.07 Å². The molecule has 0 aliphatic heterocycles. The van der Waals surface area contributed by atoms with E-state index in [2.05, 4.69) is 31.1 Å². The van der Waals surface area contributed by atoms with Gasteiger partial charge in [0.1, 0.15) is 13.7 Å². The van der Waals surface area contributed by atoms with Crippen LogP contribution in [0.5, 0.6) is 0 Å². The van der Waals surface area contributed by atoms with Crippen LogP contribution in [0.4, 0.5) is 0 Å². The highest BCUT2D eigenvalue weighted by atomic mass is 28.3. The van der Waals surface area contributed by atoms with Crippen molar-refractivity contribution in [2.24, 2.45) is 11.8 Å². The first-order valence-electron chi connectivity index (χ1n) is 5.66. The Balaban J connectivity index is 2.14. The lowest BCUT2D eigenvalue weighted by Crippen LogP contribution is -2.34. The fourth-order valence-electron chi connectivity index (χ4n) is 2.75. The van der Waals surface area contributed by atoms with E-state index >= 15 is 0 Å². The maximum absolute atomic E-state index is 10.4. The molecule has 0 spiro atoms. The van der Waals surface area contributed by atoms with Crippen LogP contribution in [-0.2, 0) is 0 Å². The van der Waals surface area contributed by atoms with E-state index < -0.39 is 13.7 Å². The van der Waals surface area contributed by atoms with E-state index in [0.29, 0.717) is 5.92 Å². The van der Waals surface area contributed by atoms with Crippen molar-refractivity contribution in [3.8, 4) is 11.5 Å². The SMILES string of the molecule is C[Si](C)(C)C#CC1(O)C[C@@H]2CC[C@H]1C2. The van der Waals surface area contributed by atoms with Gasteiger partial charge in [-0.05, 0) is 37.5 Å². The van der Waals surface area contributed by atoms with Crippen LogP contribution in [-0.4, -0.2) is 18.8 Å². The first kappa shape index (κ1) is 10.3. The maximum Gasteiger partial charge on any atom is 0.129 e. The molecular weight excluding hydrogens is 188 g/mol. The summed E-state index contributed by atoms with van der Waals surface area (Å²) in [6.07, 6.45) is 4.68. The summed E-state index contributed by atoms with van der Waals surface area (Å²) in [7, 11) is -1.32. The van der Waals surface area contributed by atoms with Crippen molar-refractivity contribution < 1.29 is 5.11 Å². The zero-order valence-electron chi connectivity index (χ0n) is 9.43. The third kappa shape index (κ3) is 1.89. The molecule has 2 aliphatic carbocycles. The molecule has 2 bridgehead atoms. The van der Waals surface area contributed by atoms with E-state index in [0.717, 1.165) is 12.3 Å². The summed E-state index contributed by atoms with van der Waals surface area (Å²) in [4.78, 5) is 0. The van der Waals surface area contributed by atoms with Crippen LogP contribution in [0, 0.1) is 23.3 Å². The highest BCUT2D eigenvalue weighted by molar-refractivity contribution is 6.83. The number of rotatable bonds is 0. The zero-order valence-corrected chi connectivity index (χ0v) is 10.4. The topological polar surface area (TPSA) is 20.2 Å². The molecule has 2 heteroatoms. The molecule has 0 aromatic carbocycles. The van der Waals surface area contributed by atoms with E-state index in [1.54, 1.807) is 0 Å². The Bertz CT molecular complexity index is 294. The number of hydrogen-bond acceptors (Lipinski definition) is 1. The molecule has 2 aliphatic rings. The smallest absolute Gasteiger partial charge is 0.129 e. The minimum absolute atomic E-state index is 0.483. The molecule has 2 saturated carbocycles. The van der Waals surface area contributed by atoms with Crippen LogP contribution in [0.25, 0.3) is 0 Å². The molecule has 0 amide bonds. The molecule has 0 radical (unpaired) electrons. The van der Waals surface area contributed by atoms with Crippen molar-refractivity contribution in [1.29, 1.82) is 0 Å². The van der Waals surface area contributed by atoms with Crippen molar-refractivity contribution in [2.75, 3.05) is 0 Å². The third-order valence-corrected chi connectivity index (χ3v) is 4.35. The lowest BCUT2D eigenvalue weighted by Gasteiger charge is -2.27. The van der Waals surface area contributed by atoms with E-state index in [4.69, 9.17) is 0 Å². The van der Waals surface area contributed by atoms with Gasteiger partial charge in [0.2, 0.25) is 0 Å². The second-order valence-electron chi connectivity index (χ2n) is 6.00. The van der Waals surface area contributed by atoms with Gasteiger partial charge in [-0.15, -0.1) is 5.54 Å². The van der Waals surface area contributed by atoms with Gasteiger partial charge in [0.15, 0.2) is 0 Å². The van der Waals surface area contributed by atoms with Crippen LogP contribution < -0.4 is 0 Å². The summed E-state index contributed by atoms with van der Waals surface area (Å²) < 4.78 is 0.